The van der Waals surface area contributed by atoms with Gasteiger partial charge in [0, 0.05) is 20.1 Å². The van der Waals surface area contributed by atoms with Crippen molar-refractivity contribution in [3.63, 3.8) is 0 Å². The highest BCUT2D eigenvalue weighted by Gasteiger charge is 2.15. The number of ketones is 1. The minimum Gasteiger partial charge on any atom is -0.385 e. The number of hydrogen-bond acceptors (Lipinski definition) is 3. The number of aryl methyl sites for hydroxylation is 1. The molecule has 0 saturated heterocycles. The zero-order valence-corrected chi connectivity index (χ0v) is 10.9. The first-order valence-electron chi connectivity index (χ1n) is 6.07. The van der Waals surface area contributed by atoms with E-state index < -0.39 is 6.04 Å². The number of carbonyl (C=O) groups is 1. The summed E-state index contributed by atoms with van der Waals surface area (Å²) in [5, 5.41) is 0. The van der Waals surface area contributed by atoms with Crippen LogP contribution in [0, 0.1) is 12.7 Å². The summed E-state index contributed by atoms with van der Waals surface area (Å²) in [5.41, 5.74) is 7.42. The summed E-state index contributed by atoms with van der Waals surface area (Å²) in [4.78, 5) is 11.9. The van der Waals surface area contributed by atoms with Gasteiger partial charge in [0.1, 0.15) is 5.82 Å². The quantitative estimate of drug-likeness (QED) is 0.756. The van der Waals surface area contributed by atoms with Crippen LogP contribution in [0.25, 0.3) is 0 Å². The Hall–Kier alpha value is -1.26. The SMILES string of the molecule is COCCCC(N)C(=O)Cc1cc(F)ccc1C. The summed E-state index contributed by atoms with van der Waals surface area (Å²) in [7, 11) is 1.61. The van der Waals surface area contributed by atoms with Gasteiger partial charge in [-0.2, -0.15) is 0 Å². The molecule has 1 unspecified atom stereocenters. The highest BCUT2D eigenvalue weighted by atomic mass is 19.1. The molecule has 0 aromatic heterocycles. The molecular weight excluding hydrogens is 233 g/mol. The van der Waals surface area contributed by atoms with Crippen LogP contribution in [0.4, 0.5) is 4.39 Å². The van der Waals surface area contributed by atoms with E-state index in [9.17, 15) is 9.18 Å². The zero-order chi connectivity index (χ0) is 13.5. The molecule has 0 saturated carbocycles. The zero-order valence-electron chi connectivity index (χ0n) is 10.9. The van der Waals surface area contributed by atoms with Crippen LogP contribution in [0.1, 0.15) is 24.0 Å². The van der Waals surface area contributed by atoms with Crippen molar-refractivity contribution in [2.24, 2.45) is 5.73 Å². The fourth-order valence-electron chi connectivity index (χ4n) is 1.76. The van der Waals surface area contributed by atoms with Gasteiger partial charge in [0.25, 0.3) is 0 Å². The third-order valence-electron chi connectivity index (χ3n) is 2.95. The first-order chi connectivity index (χ1) is 8.54. The van der Waals surface area contributed by atoms with Gasteiger partial charge in [-0.15, -0.1) is 0 Å². The number of rotatable bonds is 7. The summed E-state index contributed by atoms with van der Waals surface area (Å²) < 4.78 is 18.0. The van der Waals surface area contributed by atoms with Crippen molar-refractivity contribution in [1.82, 2.24) is 0 Å². The molecule has 18 heavy (non-hydrogen) atoms. The van der Waals surface area contributed by atoms with Crippen LogP contribution in [0.5, 0.6) is 0 Å². The molecule has 3 nitrogen and oxygen atoms in total. The van der Waals surface area contributed by atoms with E-state index in [1.165, 1.54) is 12.1 Å². The van der Waals surface area contributed by atoms with Crippen molar-refractivity contribution in [3.8, 4) is 0 Å². The third-order valence-corrected chi connectivity index (χ3v) is 2.95. The Labute approximate surface area is 107 Å². The topological polar surface area (TPSA) is 52.3 Å². The Balaban J connectivity index is 2.55. The van der Waals surface area contributed by atoms with Gasteiger partial charge in [-0.1, -0.05) is 6.07 Å². The van der Waals surface area contributed by atoms with Gasteiger partial charge >= 0.3 is 0 Å². The van der Waals surface area contributed by atoms with Crippen molar-refractivity contribution < 1.29 is 13.9 Å². The highest BCUT2D eigenvalue weighted by Crippen LogP contribution is 2.12. The Morgan fingerprint density at radius 3 is 2.89 bits per heavy atom. The molecule has 0 radical (unpaired) electrons. The lowest BCUT2D eigenvalue weighted by Gasteiger charge is -2.11. The van der Waals surface area contributed by atoms with Gasteiger partial charge in [-0.25, -0.2) is 4.39 Å². The minimum absolute atomic E-state index is 0.0557. The van der Waals surface area contributed by atoms with E-state index in [1.54, 1.807) is 13.2 Å². The van der Waals surface area contributed by atoms with E-state index >= 15 is 0 Å². The Kier molecular flexibility index (Phi) is 5.95. The second-order valence-electron chi connectivity index (χ2n) is 4.46. The first-order valence-corrected chi connectivity index (χ1v) is 6.07. The van der Waals surface area contributed by atoms with E-state index in [-0.39, 0.29) is 18.0 Å². The predicted molar refractivity (Wildman–Crippen MR) is 68.9 cm³/mol. The molecule has 0 spiro atoms. The summed E-state index contributed by atoms with van der Waals surface area (Å²) in [5.74, 6) is -0.379. The molecule has 0 fully saturated rings. The summed E-state index contributed by atoms with van der Waals surface area (Å²) in [6, 6.07) is 3.97. The van der Waals surface area contributed by atoms with Crippen LogP contribution in [0.3, 0.4) is 0 Å². The fraction of sp³-hybridized carbons (Fsp3) is 0.500. The summed E-state index contributed by atoms with van der Waals surface area (Å²) >= 11 is 0. The monoisotopic (exact) mass is 253 g/mol. The summed E-state index contributed by atoms with van der Waals surface area (Å²) in [6.07, 6.45) is 1.55. The standard InChI is InChI=1S/C14H20FNO2/c1-10-5-6-12(15)8-11(10)9-14(17)13(16)4-3-7-18-2/h5-6,8,13H,3-4,7,9,16H2,1-2H3. The lowest BCUT2D eigenvalue weighted by molar-refractivity contribution is -0.119. The lowest BCUT2D eigenvalue weighted by Crippen LogP contribution is -2.32. The number of carbonyl (C=O) groups excluding carboxylic acids is 1. The van der Waals surface area contributed by atoms with Crippen molar-refractivity contribution in [1.29, 1.82) is 0 Å². The van der Waals surface area contributed by atoms with Gasteiger partial charge in [0.15, 0.2) is 5.78 Å². The van der Waals surface area contributed by atoms with Crippen LogP contribution in [-0.2, 0) is 16.0 Å². The van der Waals surface area contributed by atoms with Crippen molar-refractivity contribution >= 4 is 5.78 Å². The molecule has 0 bridgehead atoms. The van der Waals surface area contributed by atoms with Crippen molar-refractivity contribution in [2.45, 2.75) is 32.2 Å². The van der Waals surface area contributed by atoms with Crippen molar-refractivity contribution in [3.05, 3.63) is 35.1 Å². The lowest BCUT2D eigenvalue weighted by atomic mass is 9.98. The number of methoxy groups -OCH3 is 1. The van der Waals surface area contributed by atoms with Crippen LogP contribution < -0.4 is 5.73 Å². The highest BCUT2D eigenvalue weighted by molar-refractivity contribution is 5.86. The Morgan fingerprint density at radius 2 is 2.22 bits per heavy atom. The molecular formula is C14H20FNO2. The van der Waals surface area contributed by atoms with Gasteiger partial charge in [-0.3, -0.25) is 4.79 Å². The van der Waals surface area contributed by atoms with E-state index in [0.717, 1.165) is 12.0 Å². The molecule has 1 atom stereocenters. The van der Waals surface area contributed by atoms with Gasteiger partial charge in [-0.05, 0) is 43.0 Å². The molecule has 1 aromatic carbocycles. The van der Waals surface area contributed by atoms with Crippen LogP contribution in [-0.4, -0.2) is 25.5 Å². The van der Waals surface area contributed by atoms with Crippen LogP contribution in [0.2, 0.25) is 0 Å². The van der Waals surface area contributed by atoms with Crippen LogP contribution >= 0.6 is 0 Å². The second-order valence-corrected chi connectivity index (χ2v) is 4.46. The van der Waals surface area contributed by atoms with Crippen LogP contribution in [0.15, 0.2) is 18.2 Å². The average Bonchev–Trinajstić information content (AvgIpc) is 2.34. The third kappa shape index (κ3) is 4.55. The largest absolute Gasteiger partial charge is 0.385 e. The summed E-state index contributed by atoms with van der Waals surface area (Å²) in [6.45, 7) is 2.46. The molecule has 0 aliphatic carbocycles. The molecule has 1 aromatic rings. The Morgan fingerprint density at radius 1 is 1.50 bits per heavy atom. The van der Waals surface area contributed by atoms with E-state index in [0.29, 0.717) is 18.6 Å². The number of Topliss-reactive ketones (excluding diaryl/α,β-unsaturated/α-hetero) is 1. The average molecular weight is 253 g/mol. The molecule has 0 aliphatic rings. The number of benzene rings is 1. The van der Waals surface area contributed by atoms with Crippen molar-refractivity contribution in [2.75, 3.05) is 13.7 Å². The molecule has 1 rings (SSSR count). The molecule has 0 heterocycles. The number of halogens is 1. The van der Waals surface area contributed by atoms with Gasteiger partial charge in [0.2, 0.25) is 0 Å². The Bertz CT molecular complexity index is 407. The van der Waals surface area contributed by atoms with Gasteiger partial charge in [0.05, 0.1) is 6.04 Å². The molecule has 0 aliphatic heterocycles. The molecule has 4 heteroatoms. The number of ether oxygens (including phenoxy) is 1. The van der Waals surface area contributed by atoms with Gasteiger partial charge < -0.3 is 10.5 Å². The smallest absolute Gasteiger partial charge is 0.153 e. The second kappa shape index (κ2) is 7.24. The number of hydrogen-bond donors (Lipinski definition) is 1. The maximum absolute atomic E-state index is 13.1. The van der Waals surface area contributed by atoms with E-state index in [1.807, 2.05) is 6.92 Å². The number of nitrogens with two attached hydrogens (primary N) is 1. The normalized spacial score (nSPS) is 12.4. The molecule has 0 amide bonds. The van der Waals surface area contributed by atoms with E-state index in [4.69, 9.17) is 10.5 Å². The fourth-order valence-corrected chi connectivity index (χ4v) is 1.76. The molecule has 100 valence electrons. The maximum atomic E-state index is 13.1. The maximum Gasteiger partial charge on any atom is 0.153 e. The van der Waals surface area contributed by atoms with E-state index in [2.05, 4.69) is 0 Å². The molecule has 2 N–H and O–H groups in total. The minimum atomic E-state index is -0.497. The predicted octanol–water partition coefficient (Wildman–Crippen LogP) is 2.00. The first kappa shape index (κ1) is 14.8.